The van der Waals surface area contributed by atoms with Crippen LogP contribution in [0.2, 0.25) is 0 Å². The van der Waals surface area contributed by atoms with Gasteiger partial charge in [0, 0.05) is 0 Å². The van der Waals surface area contributed by atoms with Gasteiger partial charge in [0.1, 0.15) is 0 Å². The number of amides is 1. The molecule has 1 heterocycles. The third kappa shape index (κ3) is 2.43. The van der Waals surface area contributed by atoms with E-state index in [0.717, 1.165) is 6.07 Å². The molecule has 0 unspecified atom stereocenters. The highest BCUT2D eigenvalue weighted by Gasteiger charge is 2.18. The van der Waals surface area contributed by atoms with Crippen LogP contribution in [0.3, 0.4) is 0 Å². The number of nitrogens with zero attached hydrogens (tertiary/aromatic N) is 1. The van der Waals surface area contributed by atoms with Crippen LogP contribution in [0.25, 0.3) is 0 Å². The van der Waals surface area contributed by atoms with E-state index in [4.69, 9.17) is 0 Å². The van der Waals surface area contributed by atoms with Crippen LogP contribution in [0.15, 0.2) is 21.7 Å². The maximum Gasteiger partial charge on any atom is 0.342 e. The lowest BCUT2D eigenvalue weighted by Gasteiger charge is -2.05. The van der Waals surface area contributed by atoms with Gasteiger partial charge in [-0.15, -0.1) is 0 Å². The SMILES string of the molecule is O=C(Nc1ccc(F)c(F)c1F)c1n[nH]c(=O)[nH]c1=O. The molecular formula is C10H5F3N4O3. The zero-order valence-electron chi connectivity index (χ0n) is 9.46. The van der Waals surface area contributed by atoms with Crippen molar-refractivity contribution in [1.82, 2.24) is 15.2 Å². The molecule has 0 atom stereocenters. The lowest BCUT2D eigenvalue weighted by atomic mass is 10.2. The van der Waals surface area contributed by atoms with Crippen LogP contribution in [-0.4, -0.2) is 21.1 Å². The number of aromatic amines is 2. The third-order valence-electron chi connectivity index (χ3n) is 2.21. The van der Waals surface area contributed by atoms with Gasteiger partial charge in [0.2, 0.25) is 5.69 Å². The molecular weight excluding hydrogens is 281 g/mol. The van der Waals surface area contributed by atoms with Gasteiger partial charge in [-0.1, -0.05) is 0 Å². The highest BCUT2D eigenvalue weighted by atomic mass is 19.2. The Labute approximate surface area is 107 Å². The number of hydrogen-bond acceptors (Lipinski definition) is 4. The van der Waals surface area contributed by atoms with E-state index in [-0.39, 0.29) is 0 Å². The highest BCUT2D eigenvalue weighted by molar-refractivity contribution is 6.02. The van der Waals surface area contributed by atoms with Gasteiger partial charge < -0.3 is 5.32 Å². The number of anilines is 1. The molecule has 0 aliphatic rings. The Morgan fingerprint density at radius 3 is 2.50 bits per heavy atom. The van der Waals surface area contributed by atoms with Crippen molar-refractivity contribution in [2.45, 2.75) is 0 Å². The Balaban J connectivity index is 2.35. The van der Waals surface area contributed by atoms with Gasteiger partial charge in [-0.2, -0.15) is 5.10 Å². The smallest absolute Gasteiger partial charge is 0.318 e. The minimum absolute atomic E-state index is 0.596. The molecule has 0 aliphatic carbocycles. The quantitative estimate of drug-likeness (QED) is 0.682. The summed E-state index contributed by atoms with van der Waals surface area (Å²) in [7, 11) is 0. The summed E-state index contributed by atoms with van der Waals surface area (Å²) in [4.78, 5) is 35.3. The van der Waals surface area contributed by atoms with E-state index in [2.05, 4.69) is 5.10 Å². The first-order chi connectivity index (χ1) is 9.40. The van der Waals surface area contributed by atoms with Crippen LogP contribution in [0.1, 0.15) is 10.5 Å². The summed E-state index contributed by atoms with van der Waals surface area (Å²) < 4.78 is 38.9. The lowest BCUT2D eigenvalue weighted by Crippen LogP contribution is -2.32. The van der Waals surface area contributed by atoms with Crippen molar-refractivity contribution in [2.75, 3.05) is 5.32 Å². The van der Waals surface area contributed by atoms with Crippen LogP contribution >= 0.6 is 0 Å². The van der Waals surface area contributed by atoms with Gasteiger partial charge in [0.25, 0.3) is 11.5 Å². The fourth-order valence-corrected chi connectivity index (χ4v) is 1.31. The second-order valence-corrected chi connectivity index (χ2v) is 3.53. The molecule has 10 heteroatoms. The molecule has 2 aromatic rings. The van der Waals surface area contributed by atoms with Crippen molar-refractivity contribution in [3.05, 3.63) is 56.1 Å². The van der Waals surface area contributed by atoms with E-state index >= 15 is 0 Å². The molecule has 20 heavy (non-hydrogen) atoms. The standard InChI is InChI=1S/C10H5F3N4O3/c11-3-1-2-4(6(13)5(3)12)14-8(18)7-9(19)15-10(20)17-16-7/h1-2H,(H,14,18)(H2,15,17,19,20). The van der Waals surface area contributed by atoms with Crippen molar-refractivity contribution < 1.29 is 18.0 Å². The zero-order chi connectivity index (χ0) is 14.9. The molecule has 1 amide bonds. The number of carbonyl (C=O) groups is 1. The zero-order valence-corrected chi connectivity index (χ0v) is 9.46. The monoisotopic (exact) mass is 286 g/mol. The summed E-state index contributed by atoms with van der Waals surface area (Å²) >= 11 is 0. The summed E-state index contributed by atoms with van der Waals surface area (Å²) in [6, 6.07) is 1.37. The number of nitrogens with one attached hydrogen (secondary N) is 3. The van der Waals surface area contributed by atoms with Crippen LogP contribution in [0.5, 0.6) is 0 Å². The first-order valence-electron chi connectivity index (χ1n) is 5.04. The molecule has 0 saturated carbocycles. The number of H-pyrrole nitrogens is 2. The maximum absolute atomic E-state index is 13.3. The highest BCUT2D eigenvalue weighted by Crippen LogP contribution is 2.19. The van der Waals surface area contributed by atoms with Gasteiger partial charge in [-0.3, -0.25) is 14.6 Å². The average Bonchev–Trinajstić information content (AvgIpc) is 2.39. The second-order valence-electron chi connectivity index (χ2n) is 3.53. The van der Waals surface area contributed by atoms with E-state index < -0.39 is 46.0 Å². The molecule has 7 nitrogen and oxygen atoms in total. The van der Waals surface area contributed by atoms with Crippen molar-refractivity contribution in [2.24, 2.45) is 0 Å². The fraction of sp³-hybridized carbons (Fsp3) is 0. The molecule has 0 bridgehead atoms. The van der Waals surface area contributed by atoms with Gasteiger partial charge in [-0.25, -0.2) is 23.1 Å². The average molecular weight is 286 g/mol. The number of rotatable bonds is 2. The van der Waals surface area contributed by atoms with Gasteiger partial charge in [0.15, 0.2) is 17.5 Å². The predicted octanol–water partition coefficient (Wildman–Crippen LogP) is 0.128. The largest absolute Gasteiger partial charge is 0.342 e. The Morgan fingerprint density at radius 2 is 1.85 bits per heavy atom. The molecule has 0 radical (unpaired) electrons. The molecule has 1 aromatic heterocycles. The summed E-state index contributed by atoms with van der Waals surface area (Å²) in [5.41, 5.74) is -3.50. The molecule has 3 N–H and O–H groups in total. The molecule has 0 saturated heterocycles. The van der Waals surface area contributed by atoms with Crippen LogP contribution in [0, 0.1) is 17.5 Å². The minimum atomic E-state index is -1.77. The summed E-state index contributed by atoms with van der Waals surface area (Å²) in [5.74, 6) is -6.03. The Kier molecular flexibility index (Phi) is 3.37. The molecule has 1 aromatic carbocycles. The van der Waals surface area contributed by atoms with Crippen LogP contribution in [0.4, 0.5) is 18.9 Å². The molecule has 104 valence electrons. The summed E-state index contributed by atoms with van der Waals surface area (Å²) in [6.45, 7) is 0. The van der Waals surface area contributed by atoms with E-state index in [1.807, 2.05) is 5.32 Å². The van der Waals surface area contributed by atoms with Crippen molar-refractivity contribution in [3.63, 3.8) is 0 Å². The Hall–Kier alpha value is -2.91. The lowest BCUT2D eigenvalue weighted by molar-refractivity contribution is 0.101. The Bertz CT molecular complexity index is 799. The summed E-state index contributed by atoms with van der Waals surface area (Å²) in [6.07, 6.45) is 0. The van der Waals surface area contributed by atoms with E-state index in [0.29, 0.717) is 6.07 Å². The van der Waals surface area contributed by atoms with Crippen molar-refractivity contribution >= 4 is 11.6 Å². The molecule has 0 aliphatic heterocycles. The van der Waals surface area contributed by atoms with E-state index in [1.165, 1.54) is 0 Å². The number of carbonyl (C=O) groups excluding carboxylic acids is 1. The minimum Gasteiger partial charge on any atom is -0.318 e. The maximum atomic E-state index is 13.3. The van der Waals surface area contributed by atoms with E-state index in [9.17, 15) is 27.6 Å². The first kappa shape index (κ1) is 13.5. The first-order valence-corrected chi connectivity index (χ1v) is 5.04. The number of benzene rings is 1. The van der Waals surface area contributed by atoms with Crippen molar-refractivity contribution in [1.29, 1.82) is 0 Å². The molecule has 2 rings (SSSR count). The molecule has 0 spiro atoms. The van der Waals surface area contributed by atoms with Crippen LogP contribution in [-0.2, 0) is 0 Å². The van der Waals surface area contributed by atoms with Crippen LogP contribution < -0.4 is 16.6 Å². The van der Waals surface area contributed by atoms with Crippen molar-refractivity contribution in [3.8, 4) is 0 Å². The topological polar surface area (TPSA) is 108 Å². The summed E-state index contributed by atoms with van der Waals surface area (Å²) in [5, 5.41) is 6.78. The van der Waals surface area contributed by atoms with Gasteiger partial charge >= 0.3 is 5.69 Å². The number of halogens is 3. The fourth-order valence-electron chi connectivity index (χ4n) is 1.31. The van der Waals surface area contributed by atoms with E-state index in [1.54, 1.807) is 10.1 Å². The second kappa shape index (κ2) is 4.99. The third-order valence-corrected chi connectivity index (χ3v) is 2.21. The molecule has 0 fully saturated rings. The predicted molar refractivity (Wildman–Crippen MR) is 59.7 cm³/mol. The van der Waals surface area contributed by atoms with Gasteiger partial charge in [-0.05, 0) is 12.1 Å². The number of aromatic nitrogens is 3. The normalized spacial score (nSPS) is 10.3. The number of hydrogen-bond donors (Lipinski definition) is 3. The van der Waals surface area contributed by atoms with Gasteiger partial charge in [0.05, 0.1) is 5.69 Å². The Morgan fingerprint density at radius 1 is 1.15 bits per heavy atom.